The van der Waals surface area contributed by atoms with Gasteiger partial charge in [0.05, 0.1) is 6.04 Å². The minimum absolute atomic E-state index is 0. The van der Waals surface area contributed by atoms with Crippen LogP contribution in [0, 0.1) is 5.92 Å². The van der Waals surface area contributed by atoms with Crippen LogP contribution in [-0.2, 0) is 9.53 Å². The molecule has 1 fully saturated rings. The molecule has 0 bridgehead atoms. The first kappa shape index (κ1) is 24.7. The number of nitrogens with zero attached hydrogens (tertiary/aromatic N) is 2. The van der Waals surface area contributed by atoms with E-state index < -0.39 is 11.7 Å². The van der Waals surface area contributed by atoms with Crippen LogP contribution in [0.2, 0.25) is 0 Å². The number of carbonyl (C=O) groups is 2. The van der Waals surface area contributed by atoms with Gasteiger partial charge >= 0.3 is 6.09 Å². The topological polar surface area (TPSA) is 95.1 Å². The first-order chi connectivity index (χ1) is 11.6. The van der Waals surface area contributed by atoms with E-state index in [0.29, 0.717) is 25.0 Å². The number of amides is 2. The van der Waals surface area contributed by atoms with Gasteiger partial charge in [-0.05, 0) is 46.5 Å². The van der Waals surface area contributed by atoms with E-state index in [0.717, 1.165) is 12.8 Å². The number of likely N-dealkylation sites (N-methyl/N-ethyl adjacent to an activating group) is 1. The molecule has 8 nitrogen and oxygen atoms in total. The molecule has 1 aliphatic rings. The fourth-order valence-corrected chi connectivity index (χ4v) is 2.13. The Hall–Kier alpha value is -1.26. The summed E-state index contributed by atoms with van der Waals surface area (Å²) in [4.78, 5) is 29.5. The zero-order valence-electron chi connectivity index (χ0n) is 16.7. The summed E-state index contributed by atoms with van der Waals surface area (Å²) in [7, 11) is 3.40. The Morgan fingerprint density at radius 2 is 1.85 bits per heavy atom. The Morgan fingerprint density at radius 3 is 2.31 bits per heavy atom. The summed E-state index contributed by atoms with van der Waals surface area (Å²) in [5.74, 6) is 0.948. The smallest absolute Gasteiger partial charge is 0.407 e. The number of nitrogens with one attached hydrogen (secondary N) is 3. The molecule has 9 heteroatoms. The highest BCUT2D eigenvalue weighted by molar-refractivity contribution is 14.0. The average Bonchev–Trinajstić information content (AvgIpc) is 3.30. The minimum atomic E-state index is -0.519. The molecule has 0 spiro atoms. The summed E-state index contributed by atoms with van der Waals surface area (Å²) < 4.78 is 5.33. The van der Waals surface area contributed by atoms with Crippen molar-refractivity contribution < 1.29 is 14.3 Å². The van der Waals surface area contributed by atoms with Crippen molar-refractivity contribution in [1.82, 2.24) is 20.9 Å². The van der Waals surface area contributed by atoms with E-state index >= 15 is 0 Å². The van der Waals surface area contributed by atoms with E-state index in [1.54, 1.807) is 14.1 Å². The first-order valence-corrected chi connectivity index (χ1v) is 8.84. The Kier molecular flexibility index (Phi) is 10.9. The predicted molar refractivity (Wildman–Crippen MR) is 114 cm³/mol. The van der Waals surface area contributed by atoms with Crippen molar-refractivity contribution in [2.24, 2.45) is 10.9 Å². The van der Waals surface area contributed by atoms with Gasteiger partial charge in [0.1, 0.15) is 12.1 Å². The lowest BCUT2D eigenvalue weighted by Crippen LogP contribution is -2.49. The quantitative estimate of drug-likeness (QED) is 0.290. The van der Waals surface area contributed by atoms with E-state index in [1.807, 2.05) is 27.7 Å². The Labute approximate surface area is 173 Å². The van der Waals surface area contributed by atoms with Crippen LogP contribution in [0.1, 0.15) is 40.5 Å². The molecule has 1 rings (SSSR count). The van der Waals surface area contributed by atoms with E-state index in [2.05, 4.69) is 20.9 Å². The number of alkyl carbamates (subject to hydrolysis) is 1. The normalized spacial score (nSPS) is 15.4. The average molecular weight is 483 g/mol. The van der Waals surface area contributed by atoms with E-state index in [-0.39, 0.29) is 42.5 Å². The number of ether oxygens (including phenoxy) is 1. The zero-order chi connectivity index (χ0) is 19.0. The van der Waals surface area contributed by atoms with Crippen molar-refractivity contribution in [2.75, 3.05) is 33.7 Å². The van der Waals surface area contributed by atoms with Gasteiger partial charge in [0, 0.05) is 27.2 Å². The molecule has 0 saturated heterocycles. The Balaban J connectivity index is 0.00000625. The summed E-state index contributed by atoms with van der Waals surface area (Å²) in [5, 5.41) is 9.24. The Bertz CT molecular complexity index is 487. The predicted octanol–water partition coefficient (Wildman–Crippen LogP) is 1.55. The molecule has 0 aromatic carbocycles. The van der Waals surface area contributed by atoms with E-state index in [4.69, 9.17) is 4.74 Å². The highest BCUT2D eigenvalue weighted by atomic mass is 127. The molecule has 26 heavy (non-hydrogen) atoms. The number of hydrogen-bond donors (Lipinski definition) is 3. The van der Waals surface area contributed by atoms with Crippen molar-refractivity contribution >= 4 is 41.9 Å². The molecular weight excluding hydrogens is 449 g/mol. The Morgan fingerprint density at radius 1 is 1.23 bits per heavy atom. The van der Waals surface area contributed by atoms with Crippen molar-refractivity contribution in [1.29, 1.82) is 0 Å². The lowest BCUT2D eigenvalue weighted by molar-refractivity contribution is -0.127. The number of halogens is 1. The van der Waals surface area contributed by atoms with Crippen LogP contribution in [0.5, 0.6) is 0 Å². The second kappa shape index (κ2) is 11.5. The van der Waals surface area contributed by atoms with E-state index in [1.165, 1.54) is 4.90 Å². The molecule has 0 aromatic heterocycles. The standard InChI is InChI=1S/C17H33N5O3.HI/c1-7-18-15(20-11-14(23)22(5)6)19-10-13(12-8-9-12)21-16(24)25-17(2,3)4;/h12-13H,7-11H2,1-6H3,(H,21,24)(H2,18,19,20);1H. The zero-order valence-corrected chi connectivity index (χ0v) is 19.0. The molecule has 152 valence electrons. The number of rotatable bonds is 7. The maximum atomic E-state index is 12.0. The monoisotopic (exact) mass is 483 g/mol. The van der Waals surface area contributed by atoms with Crippen LogP contribution in [0.15, 0.2) is 4.99 Å². The van der Waals surface area contributed by atoms with Crippen molar-refractivity contribution in [3.63, 3.8) is 0 Å². The lowest BCUT2D eigenvalue weighted by atomic mass is 10.2. The van der Waals surface area contributed by atoms with Crippen LogP contribution in [0.4, 0.5) is 4.79 Å². The molecule has 1 saturated carbocycles. The molecule has 1 atom stereocenters. The minimum Gasteiger partial charge on any atom is -0.444 e. The SMILES string of the molecule is CCNC(=NCC(=O)N(C)C)NCC(NC(=O)OC(C)(C)C)C1CC1.I. The molecule has 0 radical (unpaired) electrons. The number of guanidine groups is 1. The fourth-order valence-electron chi connectivity index (χ4n) is 2.13. The van der Waals surface area contributed by atoms with Crippen molar-refractivity contribution in [3.05, 3.63) is 0 Å². The third-order valence-electron chi connectivity index (χ3n) is 3.60. The molecule has 0 aromatic rings. The summed E-state index contributed by atoms with van der Waals surface area (Å²) in [5.41, 5.74) is -0.519. The summed E-state index contributed by atoms with van der Waals surface area (Å²) in [6, 6.07) is -0.0248. The van der Waals surface area contributed by atoms with Gasteiger partial charge in [0.25, 0.3) is 0 Å². The van der Waals surface area contributed by atoms with Gasteiger partial charge in [-0.15, -0.1) is 24.0 Å². The lowest BCUT2D eigenvalue weighted by Gasteiger charge is -2.24. The van der Waals surface area contributed by atoms with E-state index in [9.17, 15) is 9.59 Å². The number of hydrogen-bond acceptors (Lipinski definition) is 4. The molecular formula is C17H34IN5O3. The molecule has 0 aliphatic heterocycles. The second-order valence-corrected chi connectivity index (χ2v) is 7.45. The van der Waals surface area contributed by atoms with Crippen LogP contribution >= 0.6 is 24.0 Å². The van der Waals surface area contributed by atoms with Gasteiger partial charge in [0.15, 0.2) is 5.96 Å². The first-order valence-electron chi connectivity index (χ1n) is 8.84. The third kappa shape index (κ3) is 10.7. The highest BCUT2D eigenvalue weighted by Gasteiger charge is 2.33. The molecule has 3 N–H and O–H groups in total. The van der Waals surface area contributed by atoms with Gasteiger partial charge in [0.2, 0.25) is 5.91 Å². The molecule has 1 aliphatic carbocycles. The van der Waals surface area contributed by atoms with Crippen molar-refractivity contribution in [3.8, 4) is 0 Å². The van der Waals surface area contributed by atoms with Gasteiger partial charge in [-0.25, -0.2) is 9.79 Å². The van der Waals surface area contributed by atoms with Gasteiger partial charge in [-0.1, -0.05) is 0 Å². The van der Waals surface area contributed by atoms with Crippen LogP contribution in [0.25, 0.3) is 0 Å². The van der Waals surface area contributed by atoms with Gasteiger partial charge in [-0.3, -0.25) is 4.79 Å². The maximum absolute atomic E-state index is 12.0. The largest absolute Gasteiger partial charge is 0.444 e. The van der Waals surface area contributed by atoms with Crippen LogP contribution in [0.3, 0.4) is 0 Å². The summed E-state index contributed by atoms with van der Waals surface area (Å²) in [6.45, 7) is 8.79. The number of aliphatic imine (C=N–C) groups is 1. The summed E-state index contributed by atoms with van der Waals surface area (Å²) in [6.07, 6.45) is 1.78. The maximum Gasteiger partial charge on any atom is 0.407 e. The molecule has 0 heterocycles. The van der Waals surface area contributed by atoms with Gasteiger partial charge in [-0.2, -0.15) is 0 Å². The van der Waals surface area contributed by atoms with Crippen LogP contribution in [-0.4, -0.2) is 68.2 Å². The van der Waals surface area contributed by atoms with Crippen LogP contribution < -0.4 is 16.0 Å². The third-order valence-corrected chi connectivity index (χ3v) is 3.60. The van der Waals surface area contributed by atoms with Crippen molar-refractivity contribution in [2.45, 2.75) is 52.2 Å². The number of carbonyl (C=O) groups excluding carboxylic acids is 2. The highest BCUT2D eigenvalue weighted by Crippen LogP contribution is 2.32. The fraction of sp³-hybridized carbons (Fsp3) is 0.824. The summed E-state index contributed by atoms with van der Waals surface area (Å²) >= 11 is 0. The molecule has 1 unspecified atom stereocenters. The van der Waals surface area contributed by atoms with Gasteiger partial charge < -0.3 is 25.6 Å². The second-order valence-electron chi connectivity index (χ2n) is 7.45. The molecule has 2 amide bonds.